The first-order chi connectivity index (χ1) is 11.1. The van der Waals surface area contributed by atoms with Gasteiger partial charge in [0, 0.05) is 18.9 Å². The molecule has 0 saturated carbocycles. The molecule has 0 bridgehead atoms. The summed E-state index contributed by atoms with van der Waals surface area (Å²) < 4.78 is 14.9. The van der Waals surface area contributed by atoms with Gasteiger partial charge in [-0.3, -0.25) is 9.78 Å². The molecule has 5 nitrogen and oxygen atoms in total. The minimum Gasteiger partial charge on any atom is -0.348 e. The number of carbonyl (C=O) groups excluding carboxylic acids is 1. The van der Waals surface area contributed by atoms with Gasteiger partial charge in [-0.25, -0.2) is 9.07 Å². The molecule has 1 N–H and O–H groups in total. The van der Waals surface area contributed by atoms with Crippen LogP contribution < -0.4 is 5.32 Å². The third-order valence-corrected chi connectivity index (χ3v) is 3.48. The molecule has 23 heavy (non-hydrogen) atoms. The number of aromatic nitrogens is 3. The fraction of sp³-hybridized carbons (Fsp3) is 0.118. The van der Waals surface area contributed by atoms with E-state index >= 15 is 0 Å². The number of carbonyl (C=O) groups is 1. The van der Waals surface area contributed by atoms with Crippen LogP contribution in [0, 0.1) is 12.7 Å². The summed E-state index contributed by atoms with van der Waals surface area (Å²) in [6, 6.07) is 9.78. The molecule has 0 fully saturated rings. The van der Waals surface area contributed by atoms with E-state index in [1.807, 2.05) is 12.1 Å². The molecule has 3 rings (SSSR count). The fourth-order valence-corrected chi connectivity index (χ4v) is 2.28. The SMILES string of the molecule is Cc1c(C(=O)NCc2cccnc2)cnn1-c1cccc(F)c1. The second-order valence-corrected chi connectivity index (χ2v) is 5.08. The number of pyridine rings is 1. The molecule has 0 unspecified atom stereocenters. The van der Waals surface area contributed by atoms with Crippen molar-refractivity contribution in [3.63, 3.8) is 0 Å². The highest BCUT2D eigenvalue weighted by Crippen LogP contribution is 2.15. The van der Waals surface area contributed by atoms with Crippen LogP contribution in [-0.4, -0.2) is 20.7 Å². The Kier molecular flexibility index (Phi) is 4.14. The van der Waals surface area contributed by atoms with E-state index in [0.29, 0.717) is 23.5 Å². The smallest absolute Gasteiger partial charge is 0.255 e. The predicted octanol–water partition coefficient (Wildman–Crippen LogP) is 2.64. The number of hydrogen-bond donors (Lipinski definition) is 1. The number of nitrogens with zero attached hydrogens (tertiary/aromatic N) is 3. The third kappa shape index (κ3) is 3.26. The molecule has 6 heteroatoms. The maximum absolute atomic E-state index is 13.3. The molecule has 116 valence electrons. The summed E-state index contributed by atoms with van der Waals surface area (Å²) in [6.07, 6.45) is 4.86. The van der Waals surface area contributed by atoms with E-state index in [4.69, 9.17) is 0 Å². The summed E-state index contributed by atoms with van der Waals surface area (Å²) in [5.41, 5.74) is 2.60. The van der Waals surface area contributed by atoms with Crippen molar-refractivity contribution in [3.05, 3.63) is 77.6 Å². The van der Waals surface area contributed by atoms with E-state index in [-0.39, 0.29) is 11.7 Å². The van der Waals surface area contributed by atoms with Crippen molar-refractivity contribution < 1.29 is 9.18 Å². The van der Waals surface area contributed by atoms with Crippen LogP contribution in [0.2, 0.25) is 0 Å². The summed E-state index contributed by atoms with van der Waals surface area (Å²) in [4.78, 5) is 16.3. The maximum Gasteiger partial charge on any atom is 0.255 e. The van der Waals surface area contributed by atoms with Gasteiger partial charge in [0.2, 0.25) is 0 Å². The van der Waals surface area contributed by atoms with Gasteiger partial charge in [0.15, 0.2) is 0 Å². The van der Waals surface area contributed by atoms with Gasteiger partial charge in [-0.05, 0) is 36.8 Å². The van der Waals surface area contributed by atoms with Crippen LogP contribution in [0.25, 0.3) is 5.69 Å². The standard InChI is InChI=1S/C17H15FN4O/c1-12-16(17(23)20-10-13-4-3-7-19-9-13)11-21-22(12)15-6-2-5-14(18)8-15/h2-9,11H,10H2,1H3,(H,20,23). The van der Waals surface area contributed by atoms with Gasteiger partial charge < -0.3 is 5.32 Å². The first-order valence-corrected chi connectivity index (χ1v) is 7.13. The minimum atomic E-state index is -0.347. The maximum atomic E-state index is 13.3. The van der Waals surface area contributed by atoms with E-state index < -0.39 is 0 Å². The van der Waals surface area contributed by atoms with Crippen LogP contribution in [0.15, 0.2) is 55.0 Å². The second-order valence-electron chi connectivity index (χ2n) is 5.08. The van der Waals surface area contributed by atoms with E-state index in [1.54, 1.807) is 36.1 Å². The van der Waals surface area contributed by atoms with Crippen molar-refractivity contribution in [2.75, 3.05) is 0 Å². The van der Waals surface area contributed by atoms with Gasteiger partial charge in [-0.2, -0.15) is 5.10 Å². The number of halogens is 1. The molecular formula is C17H15FN4O. The first-order valence-electron chi connectivity index (χ1n) is 7.13. The van der Waals surface area contributed by atoms with E-state index in [1.165, 1.54) is 18.3 Å². The average molecular weight is 310 g/mol. The summed E-state index contributed by atoms with van der Waals surface area (Å²) in [5.74, 6) is -0.575. The fourth-order valence-electron chi connectivity index (χ4n) is 2.28. The monoisotopic (exact) mass is 310 g/mol. The third-order valence-electron chi connectivity index (χ3n) is 3.48. The van der Waals surface area contributed by atoms with Crippen molar-refractivity contribution in [1.29, 1.82) is 0 Å². The van der Waals surface area contributed by atoms with Crippen molar-refractivity contribution in [1.82, 2.24) is 20.1 Å². The highest BCUT2D eigenvalue weighted by molar-refractivity contribution is 5.95. The van der Waals surface area contributed by atoms with Crippen molar-refractivity contribution in [3.8, 4) is 5.69 Å². The van der Waals surface area contributed by atoms with Gasteiger partial charge in [0.05, 0.1) is 23.1 Å². The Hall–Kier alpha value is -3.02. The quantitative estimate of drug-likeness (QED) is 0.806. The molecule has 0 saturated heterocycles. The van der Waals surface area contributed by atoms with Crippen LogP contribution in [0.4, 0.5) is 4.39 Å². The van der Waals surface area contributed by atoms with Gasteiger partial charge >= 0.3 is 0 Å². The lowest BCUT2D eigenvalue weighted by Crippen LogP contribution is -2.23. The molecule has 0 aliphatic rings. The molecule has 0 spiro atoms. The highest BCUT2D eigenvalue weighted by Gasteiger charge is 2.15. The average Bonchev–Trinajstić information content (AvgIpc) is 2.95. The van der Waals surface area contributed by atoms with Crippen LogP contribution >= 0.6 is 0 Å². The van der Waals surface area contributed by atoms with E-state index in [2.05, 4.69) is 15.4 Å². The van der Waals surface area contributed by atoms with Gasteiger partial charge in [-0.15, -0.1) is 0 Å². The van der Waals surface area contributed by atoms with Gasteiger partial charge in [-0.1, -0.05) is 12.1 Å². The minimum absolute atomic E-state index is 0.228. The van der Waals surface area contributed by atoms with Crippen LogP contribution in [0.3, 0.4) is 0 Å². The Morgan fingerprint density at radius 2 is 2.13 bits per heavy atom. The summed E-state index contributed by atoms with van der Waals surface area (Å²) in [5, 5.41) is 7.01. The Morgan fingerprint density at radius 3 is 2.87 bits per heavy atom. The molecule has 1 amide bonds. The number of amides is 1. The molecule has 0 atom stereocenters. The molecule has 0 aliphatic heterocycles. The molecule has 3 aromatic rings. The molecule has 2 aromatic heterocycles. The molecule has 1 aromatic carbocycles. The molecule has 0 radical (unpaired) electrons. The molecule has 2 heterocycles. The number of rotatable bonds is 4. The van der Waals surface area contributed by atoms with Gasteiger partial charge in [0.25, 0.3) is 5.91 Å². The van der Waals surface area contributed by atoms with Gasteiger partial charge in [0.1, 0.15) is 5.82 Å². The summed E-state index contributed by atoms with van der Waals surface area (Å²) in [7, 11) is 0. The van der Waals surface area contributed by atoms with Crippen molar-refractivity contribution in [2.45, 2.75) is 13.5 Å². The molecule has 0 aliphatic carbocycles. The number of nitrogens with one attached hydrogen (secondary N) is 1. The van der Waals surface area contributed by atoms with E-state index in [0.717, 1.165) is 5.56 Å². The Labute approximate surface area is 132 Å². The van der Waals surface area contributed by atoms with E-state index in [9.17, 15) is 9.18 Å². The topological polar surface area (TPSA) is 59.8 Å². The lowest BCUT2D eigenvalue weighted by Gasteiger charge is -2.07. The van der Waals surface area contributed by atoms with Crippen LogP contribution in [-0.2, 0) is 6.54 Å². The lowest BCUT2D eigenvalue weighted by molar-refractivity contribution is 0.0950. The van der Waals surface area contributed by atoms with Crippen LogP contribution in [0.5, 0.6) is 0 Å². The number of hydrogen-bond acceptors (Lipinski definition) is 3. The number of benzene rings is 1. The Balaban J connectivity index is 1.77. The summed E-state index contributed by atoms with van der Waals surface area (Å²) >= 11 is 0. The van der Waals surface area contributed by atoms with Crippen LogP contribution in [0.1, 0.15) is 21.6 Å². The zero-order valence-corrected chi connectivity index (χ0v) is 12.5. The lowest BCUT2D eigenvalue weighted by atomic mass is 10.2. The largest absolute Gasteiger partial charge is 0.348 e. The Morgan fingerprint density at radius 1 is 1.26 bits per heavy atom. The second kappa shape index (κ2) is 6.39. The Bertz CT molecular complexity index is 830. The zero-order chi connectivity index (χ0) is 16.2. The first kappa shape index (κ1) is 14.9. The summed E-state index contributed by atoms with van der Waals surface area (Å²) in [6.45, 7) is 2.16. The zero-order valence-electron chi connectivity index (χ0n) is 12.5. The van der Waals surface area contributed by atoms with Crippen molar-refractivity contribution >= 4 is 5.91 Å². The highest BCUT2D eigenvalue weighted by atomic mass is 19.1. The predicted molar refractivity (Wildman–Crippen MR) is 83.7 cm³/mol. The molecular weight excluding hydrogens is 295 g/mol. The van der Waals surface area contributed by atoms with Crippen molar-refractivity contribution in [2.24, 2.45) is 0 Å². The normalized spacial score (nSPS) is 10.5.